The SMILES string of the molecule is CSC1(CNC(C)c2cc(O)ccc2O)CCC1. The molecule has 0 aromatic heterocycles. The fourth-order valence-electron chi connectivity index (χ4n) is 2.36. The average Bonchev–Trinajstić information content (AvgIpc) is 2.31. The van der Waals surface area contributed by atoms with Gasteiger partial charge in [0.25, 0.3) is 0 Å². The highest BCUT2D eigenvalue weighted by Gasteiger charge is 2.36. The Hall–Kier alpha value is -0.870. The predicted molar refractivity (Wildman–Crippen MR) is 76.3 cm³/mol. The van der Waals surface area contributed by atoms with Crippen LogP contribution < -0.4 is 5.32 Å². The van der Waals surface area contributed by atoms with Gasteiger partial charge in [-0.1, -0.05) is 6.42 Å². The lowest BCUT2D eigenvalue weighted by molar-refractivity contribution is 0.332. The Labute approximate surface area is 113 Å². The Kier molecular flexibility index (Phi) is 4.07. The molecule has 18 heavy (non-hydrogen) atoms. The van der Waals surface area contributed by atoms with E-state index in [1.807, 2.05) is 18.7 Å². The molecule has 1 unspecified atom stereocenters. The first-order chi connectivity index (χ1) is 8.56. The first-order valence-corrected chi connectivity index (χ1v) is 7.59. The number of rotatable bonds is 5. The van der Waals surface area contributed by atoms with Gasteiger partial charge in [-0.25, -0.2) is 0 Å². The van der Waals surface area contributed by atoms with Gasteiger partial charge in [-0.05, 0) is 44.2 Å². The van der Waals surface area contributed by atoms with Crippen LogP contribution in [-0.4, -0.2) is 27.8 Å². The van der Waals surface area contributed by atoms with Crippen LogP contribution in [0.5, 0.6) is 11.5 Å². The van der Waals surface area contributed by atoms with E-state index in [4.69, 9.17) is 0 Å². The van der Waals surface area contributed by atoms with E-state index in [0.29, 0.717) is 4.75 Å². The number of phenols is 2. The van der Waals surface area contributed by atoms with E-state index in [0.717, 1.165) is 12.1 Å². The number of hydrogen-bond acceptors (Lipinski definition) is 4. The van der Waals surface area contributed by atoms with E-state index >= 15 is 0 Å². The molecule has 0 bridgehead atoms. The molecule has 100 valence electrons. The van der Waals surface area contributed by atoms with E-state index in [1.54, 1.807) is 6.07 Å². The monoisotopic (exact) mass is 267 g/mol. The molecule has 3 N–H and O–H groups in total. The smallest absolute Gasteiger partial charge is 0.120 e. The van der Waals surface area contributed by atoms with E-state index in [2.05, 4.69) is 11.6 Å². The van der Waals surface area contributed by atoms with Gasteiger partial charge in [0.2, 0.25) is 0 Å². The van der Waals surface area contributed by atoms with Crippen LogP contribution in [0.2, 0.25) is 0 Å². The Balaban J connectivity index is 1.99. The van der Waals surface area contributed by atoms with Crippen LogP contribution in [0.4, 0.5) is 0 Å². The summed E-state index contributed by atoms with van der Waals surface area (Å²) in [6, 6.07) is 4.71. The standard InChI is InChI=1S/C14H21NO2S/c1-10(12-8-11(16)4-5-13(12)17)15-9-14(18-2)6-3-7-14/h4-5,8,10,15-17H,3,6-7,9H2,1-2H3. The number of benzene rings is 1. The van der Waals surface area contributed by atoms with Crippen LogP contribution in [0.15, 0.2) is 18.2 Å². The zero-order valence-electron chi connectivity index (χ0n) is 10.9. The lowest BCUT2D eigenvalue weighted by Gasteiger charge is -2.41. The average molecular weight is 267 g/mol. The summed E-state index contributed by atoms with van der Waals surface area (Å²) in [6.07, 6.45) is 6.01. The van der Waals surface area contributed by atoms with Crippen molar-refractivity contribution in [2.24, 2.45) is 0 Å². The second-order valence-electron chi connectivity index (χ2n) is 5.09. The number of hydrogen-bond donors (Lipinski definition) is 3. The van der Waals surface area contributed by atoms with Crippen molar-refractivity contribution in [2.75, 3.05) is 12.8 Å². The molecule has 1 fully saturated rings. The van der Waals surface area contributed by atoms with Crippen LogP contribution in [0, 0.1) is 0 Å². The normalized spacial score (nSPS) is 19.2. The molecule has 1 aromatic carbocycles. The molecule has 1 aliphatic carbocycles. The first kappa shape index (κ1) is 13.6. The maximum absolute atomic E-state index is 9.81. The Bertz CT molecular complexity index is 413. The van der Waals surface area contributed by atoms with Gasteiger partial charge in [0.1, 0.15) is 11.5 Å². The van der Waals surface area contributed by atoms with Gasteiger partial charge < -0.3 is 15.5 Å². The minimum atomic E-state index is 0.0433. The summed E-state index contributed by atoms with van der Waals surface area (Å²) >= 11 is 1.93. The molecule has 1 aliphatic rings. The molecule has 1 saturated carbocycles. The molecular formula is C14H21NO2S. The maximum Gasteiger partial charge on any atom is 0.120 e. The third kappa shape index (κ3) is 2.75. The van der Waals surface area contributed by atoms with Crippen molar-refractivity contribution in [3.05, 3.63) is 23.8 Å². The van der Waals surface area contributed by atoms with Crippen molar-refractivity contribution in [2.45, 2.75) is 37.0 Å². The summed E-state index contributed by atoms with van der Waals surface area (Å²) < 4.78 is 0.376. The molecular weight excluding hydrogens is 246 g/mol. The van der Waals surface area contributed by atoms with E-state index in [-0.39, 0.29) is 17.5 Å². The highest BCUT2D eigenvalue weighted by molar-refractivity contribution is 8.00. The molecule has 0 radical (unpaired) electrons. The summed E-state index contributed by atoms with van der Waals surface area (Å²) in [4.78, 5) is 0. The van der Waals surface area contributed by atoms with Crippen LogP contribution in [0.3, 0.4) is 0 Å². The minimum absolute atomic E-state index is 0.0433. The lowest BCUT2D eigenvalue weighted by Crippen LogP contribution is -2.44. The molecule has 4 heteroatoms. The largest absolute Gasteiger partial charge is 0.508 e. The van der Waals surface area contributed by atoms with Crippen LogP contribution in [0.25, 0.3) is 0 Å². The van der Waals surface area contributed by atoms with Crippen molar-refractivity contribution in [1.29, 1.82) is 0 Å². The quantitative estimate of drug-likeness (QED) is 0.718. The van der Waals surface area contributed by atoms with Gasteiger partial charge in [-0.2, -0.15) is 11.8 Å². The first-order valence-electron chi connectivity index (χ1n) is 6.37. The van der Waals surface area contributed by atoms with Gasteiger partial charge in [-0.15, -0.1) is 0 Å². The Morgan fingerprint density at radius 3 is 2.67 bits per heavy atom. The molecule has 1 atom stereocenters. The third-order valence-electron chi connectivity index (χ3n) is 3.91. The fourth-order valence-corrected chi connectivity index (χ4v) is 3.29. The number of nitrogens with one attached hydrogen (secondary N) is 1. The van der Waals surface area contributed by atoms with Crippen molar-refractivity contribution < 1.29 is 10.2 Å². The van der Waals surface area contributed by atoms with E-state index in [9.17, 15) is 10.2 Å². The predicted octanol–water partition coefficient (Wildman–Crippen LogP) is 3.03. The van der Waals surface area contributed by atoms with Crippen molar-refractivity contribution in [3.8, 4) is 11.5 Å². The minimum Gasteiger partial charge on any atom is -0.508 e. The van der Waals surface area contributed by atoms with Crippen LogP contribution in [0.1, 0.15) is 37.8 Å². The maximum atomic E-state index is 9.81. The summed E-state index contributed by atoms with van der Waals surface area (Å²) in [5.41, 5.74) is 0.755. The second kappa shape index (κ2) is 5.41. The van der Waals surface area contributed by atoms with E-state index < -0.39 is 0 Å². The molecule has 0 spiro atoms. The fraction of sp³-hybridized carbons (Fsp3) is 0.571. The molecule has 3 nitrogen and oxygen atoms in total. The van der Waals surface area contributed by atoms with Gasteiger partial charge in [0, 0.05) is 22.9 Å². The zero-order chi connectivity index (χ0) is 13.2. The van der Waals surface area contributed by atoms with Gasteiger partial charge in [0.15, 0.2) is 0 Å². The van der Waals surface area contributed by atoms with Crippen molar-refractivity contribution in [3.63, 3.8) is 0 Å². The van der Waals surface area contributed by atoms with Gasteiger partial charge in [0.05, 0.1) is 0 Å². The van der Waals surface area contributed by atoms with Crippen molar-refractivity contribution in [1.82, 2.24) is 5.32 Å². The molecule has 0 amide bonds. The van der Waals surface area contributed by atoms with Crippen molar-refractivity contribution >= 4 is 11.8 Å². The highest BCUT2D eigenvalue weighted by atomic mass is 32.2. The second-order valence-corrected chi connectivity index (χ2v) is 6.36. The summed E-state index contributed by atoms with van der Waals surface area (Å²) in [7, 11) is 0. The Morgan fingerprint density at radius 2 is 2.11 bits per heavy atom. The molecule has 0 heterocycles. The van der Waals surface area contributed by atoms with E-state index in [1.165, 1.54) is 31.4 Å². The van der Waals surface area contributed by atoms with Gasteiger partial charge in [-0.3, -0.25) is 0 Å². The van der Waals surface area contributed by atoms with Crippen LogP contribution in [-0.2, 0) is 0 Å². The zero-order valence-corrected chi connectivity index (χ0v) is 11.8. The summed E-state index contributed by atoms with van der Waals surface area (Å²) in [6.45, 7) is 2.96. The number of phenolic OH excluding ortho intramolecular Hbond substituents is 2. The summed E-state index contributed by atoms with van der Waals surface area (Å²) in [5, 5.41) is 22.8. The molecule has 2 rings (SSSR count). The number of thioether (sulfide) groups is 1. The topological polar surface area (TPSA) is 52.5 Å². The molecule has 0 saturated heterocycles. The Morgan fingerprint density at radius 1 is 1.39 bits per heavy atom. The third-order valence-corrected chi connectivity index (χ3v) is 5.32. The molecule has 0 aliphatic heterocycles. The highest BCUT2D eigenvalue weighted by Crippen LogP contribution is 2.42. The van der Waals surface area contributed by atoms with Crippen LogP contribution >= 0.6 is 11.8 Å². The van der Waals surface area contributed by atoms with Gasteiger partial charge >= 0.3 is 0 Å². The number of aromatic hydroxyl groups is 2. The molecule has 1 aromatic rings. The summed E-state index contributed by atoms with van der Waals surface area (Å²) in [5.74, 6) is 0.430. The lowest BCUT2D eigenvalue weighted by atomic mass is 9.84.